The fourth-order valence-corrected chi connectivity index (χ4v) is 3.29. The van der Waals surface area contributed by atoms with Crippen LogP contribution in [0.15, 0.2) is 54.6 Å². The number of nitrogens with one attached hydrogen (secondary N) is 1. The van der Waals surface area contributed by atoms with Gasteiger partial charge in [-0.3, -0.25) is 15.0 Å². The van der Waals surface area contributed by atoms with Crippen molar-refractivity contribution in [1.29, 1.82) is 0 Å². The molecule has 1 aliphatic rings. The maximum atomic E-state index is 12.2. The molecule has 0 saturated carbocycles. The van der Waals surface area contributed by atoms with Crippen molar-refractivity contribution in [2.24, 2.45) is 5.73 Å². The Morgan fingerprint density at radius 3 is 2.50 bits per heavy atom. The lowest BCUT2D eigenvalue weighted by molar-refractivity contribution is -0.125. The monoisotopic (exact) mass is 323 g/mol. The van der Waals surface area contributed by atoms with Gasteiger partial charge in [-0.1, -0.05) is 54.6 Å². The van der Waals surface area contributed by atoms with Crippen LogP contribution in [0, 0.1) is 0 Å². The van der Waals surface area contributed by atoms with E-state index in [1.165, 1.54) is 16.7 Å². The first-order valence-corrected chi connectivity index (χ1v) is 8.03. The maximum absolute atomic E-state index is 12.2. The minimum absolute atomic E-state index is 0.194. The first-order valence-electron chi connectivity index (χ1n) is 8.03. The van der Waals surface area contributed by atoms with E-state index in [0.29, 0.717) is 13.1 Å². The molecule has 2 aromatic carbocycles. The summed E-state index contributed by atoms with van der Waals surface area (Å²) in [5.74, 6) is -0.173. The molecule has 24 heavy (non-hydrogen) atoms. The van der Waals surface area contributed by atoms with Crippen LogP contribution in [0.2, 0.25) is 0 Å². The molecule has 0 spiro atoms. The molecule has 0 saturated heterocycles. The van der Waals surface area contributed by atoms with E-state index in [0.717, 1.165) is 0 Å². The molecule has 1 aliphatic heterocycles. The van der Waals surface area contributed by atoms with Crippen molar-refractivity contribution in [1.82, 2.24) is 10.2 Å². The molecule has 3 rings (SSSR count). The van der Waals surface area contributed by atoms with Gasteiger partial charge in [0.15, 0.2) is 0 Å². The van der Waals surface area contributed by atoms with Crippen molar-refractivity contribution in [3.8, 4) is 0 Å². The van der Waals surface area contributed by atoms with Gasteiger partial charge in [-0.15, -0.1) is 0 Å². The normalized spacial score (nSPS) is 18.5. The van der Waals surface area contributed by atoms with Gasteiger partial charge >= 0.3 is 6.03 Å². The van der Waals surface area contributed by atoms with E-state index in [1.54, 1.807) is 6.92 Å². The second-order valence-corrected chi connectivity index (χ2v) is 6.12. The first kappa shape index (κ1) is 16.2. The van der Waals surface area contributed by atoms with Gasteiger partial charge in [-0.25, -0.2) is 4.79 Å². The Hall–Kier alpha value is -2.66. The van der Waals surface area contributed by atoms with Gasteiger partial charge < -0.3 is 5.73 Å². The molecule has 0 unspecified atom stereocenters. The smallest absolute Gasteiger partial charge is 0.318 e. The van der Waals surface area contributed by atoms with E-state index in [9.17, 15) is 9.59 Å². The molecular formula is C19H21N3O2. The highest BCUT2D eigenvalue weighted by atomic mass is 16.2. The minimum Gasteiger partial charge on any atom is -0.351 e. The summed E-state index contributed by atoms with van der Waals surface area (Å²) < 4.78 is 0. The van der Waals surface area contributed by atoms with Crippen LogP contribution in [0.5, 0.6) is 0 Å². The van der Waals surface area contributed by atoms with E-state index < -0.39 is 12.1 Å². The van der Waals surface area contributed by atoms with Gasteiger partial charge in [-0.2, -0.15) is 0 Å². The van der Waals surface area contributed by atoms with Gasteiger partial charge in [0, 0.05) is 19.0 Å². The number of urea groups is 1. The quantitative estimate of drug-likeness (QED) is 0.909. The number of hydrogen-bond acceptors (Lipinski definition) is 3. The average Bonchev–Trinajstić information content (AvgIpc) is 2.60. The number of carbonyl (C=O) groups excluding carboxylic acids is 2. The standard InChI is InChI=1S/C19H21N3O2/c1-13(18(23)21-19(20)24)22-11-15-9-5-6-10-16(15)17(12-22)14-7-3-2-4-8-14/h2-10,13,17H,11-12H2,1H3,(H3,20,21,23,24)/t13-,17-/m0/s1. The van der Waals surface area contributed by atoms with E-state index >= 15 is 0 Å². The number of imide groups is 1. The lowest BCUT2D eigenvalue weighted by atomic mass is 9.84. The van der Waals surface area contributed by atoms with Crippen molar-refractivity contribution in [2.75, 3.05) is 6.54 Å². The van der Waals surface area contributed by atoms with Crippen molar-refractivity contribution < 1.29 is 9.59 Å². The number of amides is 3. The largest absolute Gasteiger partial charge is 0.351 e. The third-order valence-electron chi connectivity index (χ3n) is 4.60. The molecule has 5 heteroatoms. The molecule has 124 valence electrons. The molecule has 5 nitrogen and oxygen atoms in total. The number of benzene rings is 2. The molecule has 2 aromatic rings. The number of primary amides is 1. The Kier molecular flexibility index (Phi) is 4.62. The van der Waals surface area contributed by atoms with Crippen LogP contribution in [0.3, 0.4) is 0 Å². The summed E-state index contributed by atoms with van der Waals surface area (Å²) in [4.78, 5) is 25.2. The maximum Gasteiger partial charge on any atom is 0.318 e. The molecule has 0 fully saturated rings. The van der Waals surface area contributed by atoms with Crippen LogP contribution in [-0.4, -0.2) is 29.4 Å². The van der Waals surface area contributed by atoms with Crippen LogP contribution in [-0.2, 0) is 11.3 Å². The van der Waals surface area contributed by atoms with Crippen molar-refractivity contribution in [3.05, 3.63) is 71.3 Å². The van der Waals surface area contributed by atoms with Crippen LogP contribution in [0.1, 0.15) is 29.5 Å². The van der Waals surface area contributed by atoms with Gasteiger partial charge in [0.25, 0.3) is 0 Å². The Bertz CT molecular complexity index is 745. The molecule has 0 radical (unpaired) electrons. The van der Waals surface area contributed by atoms with Crippen molar-refractivity contribution >= 4 is 11.9 Å². The van der Waals surface area contributed by atoms with E-state index in [1.807, 2.05) is 30.3 Å². The van der Waals surface area contributed by atoms with E-state index in [4.69, 9.17) is 5.73 Å². The summed E-state index contributed by atoms with van der Waals surface area (Å²) in [7, 11) is 0. The summed E-state index contributed by atoms with van der Waals surface area (Å²) in [6.07, 6.45) is 0. The van der Waals surface area contributed by atoms with E-state index in [-0.39, 0.29) is 11.8 Å². The Labute approximate surface area is 141 Å². The fraction of sp³-hybridized carbons (Fsp3) is 0.263. The number of carbonyl (C=O) groups is 2. The van der Waals surface area contributed by atoms with Gasteiger partial charge in [0.1, 0.15) is 0 Å². The van der Waals surface area contributed by atoms with Crippen LogP contribution >= 0.6 is 0 Å². The highest BCUT2D eigenvalue weighted by Gasteiger charge is 2.31. The lowest BCUT2D eigenvalue weighted by Gasteiger charge is -2.37. The summed E-state index contributed by atoms with van der Waals surface area (Å²) >= 11 is 0. The van der Waals surface area contributed by atoms with Crippen molar-refractivity contribution in [2.45, 2.75) is 25.4 Å². The van der Waals surface area contributed by atoms with Crippen LogP contribution < -0.4 is 11.1 Å². The zero-order valence-electron chi connectivity index (χ0n) is 13.6. The Morgan fingerprint density at radius 2 is 1.79 bits per heavy atom. The summed E-state index contributed by atoms with van der Waals surface area (Å²) in [5.41, 5.74) is 8.78. The molecule has 0 aromatic heterocycles. The second kappa shape index (κ2) is 6.84. The zero-order chi connectivity index (χ0) is 17.1. The third kappa shape index (κ3) is 3.31. The molecule has 3 amide bonds. The molecule has 2 atom stereocenters. The van der Waals surface area contributed by atoms with Gasteiger partial charge in [0.05, 0.1) is 6.04 Å². The highest BCUT2D eigenvalue weighted by Crippen LogP contribution is 2.34. The molecule has 0 aliphatic carbocycles. The van der Waals surface area contributed by atoms with Crippen LogP contribution in [0.25, 0.3) is 0 Å². The summed E-state index contributed by atoms with van der Waals surface area (Å²) in [6.45, 7) is 3.19. The van der Waals surface area contributed by atoms with Crippen LogP contribution in [0.4, 0.5) is 4.79 Å². The van der Waals surface area contributed by atoms with Gasteiger partial charge in [-0.05, 0) is 23.6 Å². The highest BCUT2D eigenvalue weighted by molar-refractivity contribution is 5.96. The third-order valence-corrected chi connectivity index (χ3v) is 4.60. The molecular weight excluding hydrogens is 302 g/mol. The Balaban J connectivity index is 1.90. The topological polar surface area (TPSA) is 75.4 Å². The minimum atomic E-state index is -0.816. The fourth-order valence-electron chi connectivity index (χ4n) is 3.29. The lowest BCUT2D eigenvalue weighted by Crippen LogP contribution is -2.50. The number of hydrogen-bond donors (Lipinski definition) is 2. The molecule has 3 N–H and O–H groups in total. The van der Waals surface area contributed by atoms with Gasteiger partial charge in [0.2, 0.25) is 5.91 Å². The number of fused-ring (bicyclic) bond motifs is 1. The predicted octanol–water partition coefficient (Wildman–Crippen LogP) is 2.22. The number of nitrogens with two attached hydrogens (primary N) is 1. The second-order valence-electron chi connectivity index (χ2n) is 6.12. The Morgan fingerprint density at radius 1 is 1.12 bits per heavy atom. The zero-order valence-corrected chi connectivity index (χ0v) is 13.6. The number of rotatable bonds is 3. The predicted molar refractivity (Wildman–Crippen MR) is 92.3 cm³/mol. The number of nitrogens with zero attached hydrogens (tertiary/aromatic N) is 1. The average molecular weight is 323 g/mol. The SMILES string of the molecule is C[C@@H](C(=O)NC(N)=O)N1Cc2ccccc2[C@H](c2ccccc2)C1. The molecule has 0 bridgehead atoms. The summed E-state index contributed by atoms with van der Waals surface area (Å²) in [5, 5.41) is 2.18. The first-order chi connectivity index (χ1) is 11.6. The summed E-state index contributed by atoms with van der Waals surface area (Å²) in [6, 6.07) is 17.3. The van der Waals surface area contributed by atoms with E-state index in [2.05, 4.69) is 34.5 Å². The van der Waals surface area contributed by atoms with Crippen molar-refractivity contribution in [3.63, 3.8) is 0 Å². The molecule has 1 heterocycles.